The van der Waals surface area contributed by atoms with Crippen LogP contribution in [0, 0.1) is 11.8 Å². The van der Waals surface area contributed by atoms with Gasteiger partial charge in [-0.05, 0) is 25.7 Å². The van der Waals surface area contributed by atoms with Gasteiger partial charge in [-0.1, -0.05) is 44.2 Å². The Labute approximate surface area is 132 Å². The number of nitrogens with one attached hydrogen (secondary N) is 1. The number of carbonyl (C=O) groups excluding carboxylic acids is 2. The fraction of sp³-hybridized carbons (Fsp3) is 0.556. The molecule has 1 unspecified atom stereocenters. The van der Waals surface area contributed by atoms with E-state index in [9.17, 15) is 9.59 Å². The van der Waals surface area contributed by atoms with Crippen LogP contribution in [0.15, 0.2) is 30.3 Å². The van der Waals surface area contributed by atoms with Gasteiger partial charge in [0, 0.05) is 30.6 Å². The zero-order chi connectivity index (χ0) is 16.1. The second-order valence-electron chi connectivity index (χ2n) is 6.47. The Balaban J connectivity index is 1.85. The molecule has 2 amide bonds. The molecule has 2 rings (SSSR count). The SMILES string of the molecule is CC(C)C(C)NC(=O)N1CCC(C(=O)c2ccccc2)CC1. The van der Waals surface area contributed by atoms with Gasteiger partial charge in [0.05, 0.1) is 0 Å². The predicted octanol–water partition coefficient (Wildman–Crippen LogP) is 3.34. The Kier molecular flexibility index (Phi) is 5.58. The second kappa shape index (κ2) is 7.43. The van der Waals surface area contributed by atoms with E-state index >= 15 is 0 Å². The number of ketones is 1. The molecule has 1 atom stereocenters. The number of piperidine rings is 1. The van der Waals surface area contributed by atoms with E-state index in [4.69, 9.17) is 0 Å². The Morgan fingerprint density at radius 1 is 1.09 bits per heavy atom. The molecular weight excluding hydrogens is 276 g/mol. The first-order valence-electron chi connectivity index (χ1n) is 8.13. The van der Waals surface area contributed by atoms with E-state index in [1.54, 1.807) is 0 Å². The number of benzene rings is 1. The van der Waals surface area contributed by atoms with E-state index < -0.39 is 0 Å². The van der Waals surface area contributed by atoms with Crippen molar-refractivity contribution < 1.29 is 9.59 Å². The lowest BCUT2D eigenvalue weighted by molar-refractivity contribution is 0.0853. The molecule has 0 bridgehead atoms. The van der Waals surface area contributed by atoms with Crippen molar-refractivity contribution in [3.05, 3.63) is 35.9 Å². The number of rotatable bonds is 4. The highest BCUT2D eigenvalue weighted by molar-refractivity contribution is 5.97. The summed E-state index contributed by atoms with van der Waals surface area (Å²) in [7, 11) is 0. The van der Waals surface area contributed by atoms with Gasteiger partial charge in [-0.25, -0.2) is 4.79 Å². The molecule has 1 saturated heterocycles. The summed E-state index contributed by atoms with van der Waals surface area (Å²) >= 11 is 0. The third-order valence-corrected chi connectivity index (χ3v) is 4.56. The van der Waals surface area contributed by atoms with Gasteiger partial charge >= 0.3 is 6.03 Å². The van der Waals surface area contributed by atoms with Gasteiger partial charge in [0.1, 0.15) is 0 Å². The fourth-order valence-corrected chi connectivity index (χ4v) is 2.64. The molecule has 0 saturated carbocycles. The van der Waals surface area contributed by atoms with E-state index in [0.717, 1.165) is 18.4 Å². The molecule has 22 heavy (non-hydrogen) atoms. The highest BCUT2D eigenvalue weighted by atomic mass is 16.2. The van der Waals surface area contributed by atoms with Crippen molar-refractivity contribution in [2.75, 3.05) is 13.1 Å². The molecule has 0 radical (unpaired) electrons. The minimum atomic E-state index is -0.00758. The molecule has 1 heterocycles. The summed E-state index contributed by atoms with van der Waals surface area (Å²) in [6.45, 7) is 7.51. The molecule has 1 aliphatic rings. The maximum Gasteiger partial charge on any atom is 0.317 e. The molecule has 4 heteroatoms. The van der Waals surface area contributed by atoms with Crippen LogP contribution in [0.5, 0.6) is 0 Å². The van der Waals surface area contributed by atoms with Crippen molar-refractivity contribution in [2.45, 2.75) is 39.7 Å². The Bertz CT molecular complexity index is 505. The summed E-state index contributed by atoms with van der Waals surface area (Å²) in [5, 5.41) is 3.03. The molecule has 120 valence electrons. The van der Waals surface area contributed by atoms with Crippen LogP contribution in [-0.2, 0) is 0 Å². The van der Waals surface area contributed by atoms with E-state index in [0.29, 0.717) is 19.0 Å². The van der Waals surface area contributed by atoms with E-state index in [2.05, 4.69) is 19.2 Å². The summed E-state index contributed by atoms with van der Waals surface area (Å²) in [6.07, 6.45) is 1.49. The van der Waals surface area contributed by atoms with Crippen LogP contribution < -0.4 is 5.32 Å². The number of hydrogen-bond acceptors (Lipinski definition) is 2. The van der Waals surface area contributed by atoms with Gasteiger partial charge in [-0.3, -0.25) is 4.79 Å². The average molecular weight is 302 g/mol. The second-order valence-corrected chi connectivity index (χ2v) is 6.47. The topological polar surface area (TPSA) is 49.4 Å². The van der Waals surface area contributed by atoms with Gasteiger partial charge in [0.2, 0.25) is 0 Å². The summed E-state index contributed by atoms with van der Waals surface area (Å²) in [5.74, 6) is 0.659. The molecule has 0 aromatic heterocycles. The number of likely N-dealkylation sites (tertiary alicyclic amines) is 1. The van der Waals surface area contributed by atoms with E-state index in [1.807, 2.05) is 42.2 Å². The first kappa shape index (κ1) is 16.5. The normalized spacial score (nSPS) is 17.4. The molecule has 0 aliphatic carbocycles. The standard InChI is InChI=1S/C18H26N2O2/c1-13(2)14(3)19-18(22)20-11-9-16(10-12-20)17(21)15-7-5-4-6-8-15/h4-8,13-14,16H,9-12H2,1-3H3,(H,19,22). The number of carbonyl (C=O) groups is 2. The van der Waals surface area contributed by atoms with Crippen LogP contribution in [0.1, 0.15) is 44.0 Å². The highest BCUT2D eigenvalue weighted by Gasteiger charge is 2.28. The van der Waals surface area contributed by atoms with Crippen molar-refractivity contribution in [1.82, 2.24) is 10.2 Å². The monoisotopic (exact) mass is 302 g/mol. The quantitative estimate of drug-likeness (QED) is 0.867. The first-order valence-corrected chi connectivity index (χ1v) is 8.13. The molecule has 1 fully saturated rings. The Morgan fingerprint density at radius 2 is 1.68 bits per heavy atom. The maximum atomic E-state index is 12.4. The molecule has 1 N–H and O–H groups in total. The molecule has 0 spiro atoms. The summed E-state index contributed by atoms with van der Waals surface area (Å²) in [5.41, 5.74) is 0.777. The Hall–Kier alpha value is -1.84. The molecule has 1 aromatic rings. The van der Waals surface area contributed by atoms with Crippen molar-refractivity contribution in [1.29, 1.82) is 0 Å². The summed E-state index contributed by atoms with van der Waals surface area (Å²) in [4.78, 5) is 26.4. The third-order valence-electron chi connectivity index (χ3n) is 4.56. The fourth-order valence-electron chi connectivity index (χ4n) is 2.64. The van der Waals surface area contributed by atoms with Crippen molar-refractivity contribution in [3.63, 3.8) is 0 Å². The zero-order valence-corrected chi connectivity index (χ0v) is 13.7. The lowest BCUT2D eigenvalue weighted by atomic mass is 9.89. The number of urea groups is 1. The van der Waals surface area contributed by atoms with Crippen LogP contribution >= 0.6 is 0 Å². The van der Waals surface area contributed by atoms with Crippen LogP contribution in [-0.4, -0.2) is 35.8 Å². The van der Waals surface area contributed by atoms with Crippen molar-refractivity contribution >= 4 is 11.8 Å². The summed E-state index contributed by atoms with van der Waals surface area (Å²) < 4.78 is 0. The Morgan fingerprint density at radius 3 is 2.23 bits per heavy atom. The molecule has 1 aromatic carbocycles. The molecule has 1 aliphatic heterocycles. The van der Waals surface area contributed by atoms with Gasteiger partial charge in [0.15, 0.2) is 5.78 Å². The minimum absolute atomic E-state index is 0.00758. The first-order chi connectivity index (χ1) is 10.5. The molecular formula is C18H26N2O2. The van der Waals surface area contributed by atoms with Crippen LogP contribution in [0.4, 0.5) is 4.79 Å². The average Bonchev–Trinajstić information content (AvgIpc) is 2.55. The smallest absolute Gasteiger partial charge is 0.317 e. The van der Waals surface area contributed by atoms with Crippen molar-refractivity contribution in [3.8, 4) is 0 Å². The largest absolute Gasteiger partial charge is 0.335 e. The zero-order valence-electron chi connectivity index (χ0n) is 13.7. The maximum absolute atomic E-state index is 12.4. The molecule has 4 nitrogen and oxygen atoms in total. The van der Waals surface area contributed by atoms with E-state index in [-0.39, 0.29) is 23.8 Å². The number of hydrogen-bond donors (Lipinski definition) is 1. The number of nitrogens with zero attached hydrogens (tertiary/aromatic N) is 1. The van der Waals surface area contributed by atoms with E-state index in [1.165, 1.54) is 0 Å². The van der Waals surface area contributed by atoms with Gasteiger partial charge in [-0.2, -0.15) is 0 Å². The lowest BCUT2D eigenvalue weighted by Gasteiger charge is -2.32. The van der Waals surface area contributed by atoms with Crippen LogP contribution in [0.25, 0.3) is 0 Å². The van der Waals surface area contributed by atoms with Crippen LogP contribution in [0.2, 0.25) is 0 Å². The van der Waals surface area contributed by atoms with Crippen LogP contribution in [0.3, 0.4) is 0 Å². The van der Waals surface area contributed by atoms with Gasteiger partial charge < -0.3 is 10.2 Å². The lowest BCUT2D eigenvalue weighted by Crippen LogP contribution is -2.49. The highest BCUT2D eigenvalue weighted by Crippen LogP contribution is 2.22. The number of Topliss-reactive ketones (excluding diaryl/α,β-unsaturated/α-hetero) is 1. The predicted molar refractivity (Wildman–Crippen MR) is 87.9 cm³/mol. The minimum Gasteiger partial charge on any atom is -0.335 e. The third kappa shape index (κ3) is 4.09. The van der Waals surface area contributed by atoms with Gasteiger partial charge in [-0.15, -0.1) is 0 Å². The summed E-state index contributed by atoms with van der Waals surface area (Å²) in [6, 6.07) is 9.59. The van der Waals surface area contributed by atoms with Crippen molar-refractivity contribution in [2.24, 2.45) is 11.8 Å². The number of amides is 2. The van der Waals surface area contributed by atoms with Gasteiger partial charge in [0.25, 0.3) is 0 Å².